The summed E-state index contributed by atoms with van der Waals surface area (Å²) in [6.07, 6.45) is 3.49. The Morgan fingerprint density at radius 2 is 2.00 bits per heavy atom. The molecule has 3 aromatic heterocycles. The summed E-state index contributed by atoms with van der Waals surface area (Å²) in [7, 11) is 0. The first-order chi connectivity index (χ1) is 18.6. The number of esters is 1. The molecule has 0 fully saturated rings. The Bertz CT molecular complexity index is 1510. The highest BCUT2D eigenvalue weighted by Crippen LogP contribution is 2.31. The Morgan fingerprint density at radius 1 is 1.21 bits per heavy atom. The highest BCUT2D eigenvalue weighted by molar-refractivity contribution is 5.83. The average Bonchev–Trinajstić information content (AvgIpc) is 3.30. The van der Waals surface area contributed by atoms with Crippen LogP contribution in [0.15, 0.2) is 54.9 Å². The van der Waals surface area contributed by atoms with Crippen molar-refractivity contribution < 1.29 is 13.9 Å². The van der Waals surface area contributed by atoms with Gasteiger partial charge in [-0.05, 0) is 70.0 Å². The third-order valence-electron chi connectivity index (χ3n) is 6.08. The predicted molar refractivity (Wildman–Crippen MR) is 148 cm³/mol. The molecule has 0 radical (unpaired) electrons. The predicted octanol–water partition coefficient (Wildman–Crippen LogP) is 6.12. The van der Waals surface area contributed by atoms with Gasteiger partial charge in [0.2, 0.25) is 0 Å². The first kappa shape index (κ1) is 27.5. The minimum atomic E-state index is -0.692. The van der Waals surface area contributed by atoms with Gasteiger partial charge in [0.15, 0.2) is 17.5 Å². The van der Waals surface area contributed by atoms with E-state index in [9.17, 15) is 10.1 Å². The van der Waals surface area contributed by atoms with E-state index in [4.69, 9.17) is 4.74 Å². The van der Waals surface area contributed by atoms with Crippen molar-refractivity contribution in [1.82, 2.24) is 19.7 Å². The zero-order valence-corrected chi connectivity index (χ0v) is 22.7. The third kappa shape index (κ3) is 6.68. The molecular weight excluding hydrogens is 497 g/mol. The lowest BCUT2D eigenvalue weighted by atomic mass is 9.94. The van der Waals surface area contributed by atoms with Gasteiger partial charge in [0, 0.05) is 23.8 Å². The highest BCUT2D eigenvalue weighted by Gasteiger charge is 2.27. The fraction of sp³-hybridized carbons (Fsp3) is 0.345. The topological polar surface area (TPSA) is 118 Å². The molecule has 2 atom stereocenters. The van der Waals surface area contributed by atoms with Gasteiger partial charge in [-0.3, -0.25) is 14.5 Å². The number of hydrogen-bond acceptors (Lipinski definition) is 8. The molecule has 0 saturated heterocycles. The summed E-state index contributed by atoms with van der Waals surface area (Å²) in [5.74, 6) is -1.25. The number of benzene rings is 1. The van der Waals surface area contributed by atoms with Crippen molar-refractivity contribution in [3.8, 4) is 6.07 Å². The van der Waals surface area contributed by atoms with Gasteiger partial charge in [-0.2, -0.15) is 10.4 Å². The van der Waals surface area contributed by atoms with Crippen molar-refractivity contribution in [2.45, 2.75) is 59.2 Å². The van der Waals surface area contributed by atoms with Crippen LogP contribution in [-0.2, 0) is 16.1 Å². The van der Waals surface area contributed by atoms with Crippen molar-refractivity contribution in [3.05, 3.63) is 71.9 Å². The lowest BCUT2D eigenvalue weighted by molar-refractivity contribution is -0.155. The van der Waals surface area contributed by atoms with Crippen molar-refractivity contribution in [2.75, 3.05) is 10.6 Å². The molecule has 202 valence electrons. The summed E-state index contributed by atoms with van der Waals surface area (Å²) >= 11 is 0. The summed E-state index contributed by atoms with van der Waals surface area (Å²) in [6.45, 7) is 10.0. The second kappa shape index (κ2) is 11.5. The molecule has 2 N–H and O–H groups in total. The summed E-state index contributed by atoms with van der Waals surface area (Å²) in [4.78, 5) is 21.4. The van der Waals surface area contributed by atoms with Gasteiger partial charge in [0.1, 0.15) is 11.7 Å². The molecule has 0 aliphatic heterocycles. The zero-order valence-electron chi connectivity index (χ0n) is 22.7. The number of nitriles is 1. The quantitative estimate of drug-likeness (QED) is 0.249. The van der Waals surface area contributed by atoms with Crippen molar-refractivity contribution in [1.29, 1.82) is 5.26 Å². The number of hydrogen-bond donors (Lipinski definition) is 2. The maximum Gasteiger partial charge on any atom is 0.306 e. The van der Waals surface area contributed by atoms with Gasteiger partial charge in [0.05, 0.1) is 35.4 Å². The van der Waals surface area contributed by atoms with Crippen LogP contribution < -0.4 is 10.6 Å². The smallest absolute Gasteiger partial charge is 0.306 e. The number of carbonyl (C=O) groups is 1. The van der Waals surface area contributed by atoms with Crippen LogP contribution in [0, 0.1) is 23.1 Å². The lowest BCUT2D eigenvalue weighted by Crippen LogP contribution is -2.28. The lowest BCUT2D eigenvalue weighted by Gasteiger charge is -2.27. The van der Waals surface area contributed by atoms with Crippen LogP contribution in [0.4, 0.5) is 21.7 Å². The van der Waals surface area contributed by atoms with Gasteiger partial charge in [-0.1, -0.05) is 13.0 Å². The molecule has 4 aromatic rings. The van der Waals surface area contributed by atoms with Gasteiger partial charge in [-0.15, -0.1) is 0 Å². The number of anilines is 3. The number of nitrogens with one attached hydrogen (secondary N) is 2. The zero-order chi connectivity index (χ0) is 28.2. The number of aryl methyl sites for hydroxylation is 1. The molecule has 39 heavy (non-hydrogen) atoms. The highest BCUT2D eigenvalue weighted by atomic mass is 19.1. The number of halogens is 1. The van der Waals surface area contributed by atoms with Crippen molar-refractivity contribution in [3.63, 3.8) is 0 Å². The summed E-state index contributed by atoms with van der Waals surface area (Å²) < 4.78 is 22.6. The molecule has 0 unspecified atom stereocenters. The van der Waals surface area contributed by atoms with Crippen molar-refractivity contribution >= 4 is 34.2 Å². The summed E-state index contributed by atoms with van der Waals surface area (Å²) in [6, 6.07) is 13.7. The van der Waals surface area contributed by atoms with E-state index in [0.717, 1.165) is 23.5 Å². The van der Waals surface area contributed by atoms with Gasteiger partial charge >= 0.3 is 5.97 Å². The van der Waals surface area contributed by atoms with Crippen molar-refractivity contribution in [2.24, 2.45) is 5.92 Å². The van der Waals surface area contributed by atoms with Gasteiger partial charge in [0.25, 0.3) is 0 Å². The average molecular weight is 530 g/mol. The van der Waals surface area contributed by atoms with E-state index in [2.05, 4.69) is 25.7 Å². The van der Waals surface area contributed by atoms with E-state index >= 15 is 4.39 Å². The second-order valence-corrected chi connectivity index (χ2v) is 10.3. The fourth-order valence-electron chi connectivity index (χ4n) is 4.30. The Kier molecular flexibility index (Phi) is 8.10. The van der Waals surface area contributed by atoms with Gasteiger partial charge < -0.3 is 15.4 Å². The SMILES string of the molecule is CCn1ncc2cc(Nc3nc(N[C@H](c4ccccn4)[C@H](C)CC(=O)OC(C)(C)C)c(F)cc3C#N)ccc21. The summed E-state index contributed by atoms with van der Waals surface area (Å²) in [5, 5.41) is 21.2. The van der Waals surface area contributed by atoms with E-state index in [0.29, 0.717) is 11.4 Å². The maximum atomic E-state index is 15.2. The Balaban J connectivity index is 1.64. The first-order valence-corrected chi connectivity index (χ1v) is 12.8. The van der Waals surface area contributed by atoms with Crippen LogP contribution >= 0.6 is 0 Å². The molecule has 0 amide bonds. The number of fused-ring (bicyclic) bond motifs is 1. The minimum absolute atomic E-state index is 0.0542. The molecule has 0 aliphatic carbocycles. The van der Waals surface area contributed by atoms with E-state index in [1.165, 1.54) is 0 Å². The Labute approximate surface area is 227 Å². The molecular formula is C29H32FN7O2. The number of pyridine rings is 2. The molecule has 3 heterocycles. The molecule has 0 spiro atoms. The first-order valence-electron chi connectivity index (χ1n) is 12.8. The normalized spacial score (nSPS) is 12.9. The Morgan fingerprint density at radius 3 is 2.67 bits per heavy atom. The van der Waals surface area contributed by atoms with E-state index in [1.807, 2.05) is 69.6 Å². The van der Waals surface area contributed by atoms with E-state index in [-0.39, 0.29) is 35.5 Å². The molecule has 4 rings (SSSR count). The van der Waals surface area contributed by atoms with Crippen LogP contribution in [0.5, 0.6) is 0 Å². The number of carbonyl (C=O) groups excluding carboxylic acids is 1. The van der Waals surface area contributed by atoms with Crippen LogP contribution in [0.3, 0.4) is 0 Å². The molecule has 9 nitrogen and oxygen atoms in total. The van der Waals surface area contributed by atoms with Gasteiger partial charge in [-0.25, -0.2) is 9.37 Å². The second-order valence-electron chi connectivity index (χ2n) is 10.3. The number of nitrogens with zero attached hydrogens (tertiary/aromatic N) is 5. The van der Waals surface area contributed by atoms with Crippen LogP contribution in [-0.4, -0.2) is 31.3 Å². The third-order valence-corrected chi connectivity index (χ3v) is 6.08. The van der Waals surface area contributed by atoms with Crippen LogP contribution in [0.1, 0.15) is 58.3 Å². The molecule has 1 aromatic carbocycles. The Hall–Kier alpha value is -4.52. The number of rotatable bonds is 9. The molecule has 0 saturated carbocycles. The minimum Gasteiger partial charge on any atom is -0.460 e. The molecule has 10 heteroatoms. The largest absolute Gasteiger partial charge is 0.460 e. The van der Waals surface area contributed by atoms with E-state index in [1.54, 1.807) is 24.5 Å². The molecule has 0 bridgehead atoms. The molecule has 0 aliphatic rings. The number of aromatic nitrogens is 4. The number of ether oxygens (including phenoxy) is 1. The fourth-order valence-corrected chi connectivity index (χ4v) is 4.30. The maximum absolute atomic E-state index is 15.2. The monoisotopic (exact) mass is 529 g/mol. The van der Waals surface area contributed by atoms with E-state index < -0.39 is 17.5 Å². The standard InChI is InChI=1S/C29H32FN7O2/c1-6-37-24-11-10-21(14-20(24)17-33-37)34-27-19(16-31)15-22(30)28(36-27)35-26(23-9-7-8-12-32-23)18(2)13-25(38)39-29(3,4)5/h7-12,14-15,17-18,26H,6,13H2,1-5H3,(H2,34,35,36)/t18-,26+/m1/s1. The van der Waals surface area contributed by atoms with Crippen LogP contribution in [0.2, 0.25) is 0 Å². The van der Waals surface area contributed by atoms with Crippen LogP contribution in [0.25, 0.3) is 10.9 Å². The summed E-state index contributed by atoms with van der Waals surface area (Å²) in [5.41, 5.74) is 1.71.